The summed E-state index contributed by atoms with van der Waals surface area (Å²) >= 11 is 0. The molecule has 0 aromatic heterocycles. The van der Waals surface area contributed by atoms with Crippen LogP contribution in [0, 0.1) is 0 Å². The Morgan fingerprint density at radius 2 is 1.94 bits per heavy atom. The number of hydrogen-bond acceptors (Lipinski definition) is 2. The van der Waals surface area contributed by atoms with Crippen LogP contribution >= 0.6 is 0 Å². The summed E-state index contributed by atoms with van der Waals surface area (Å²) in [5.41, 5.74) is -0.738. The van der Waals surface area contributed by atoms with Gasteiger partial charge in [-0.3, -0.25) is 0 Å². The second kappa shape index (κ2) is 5.21. The van der Waals surface area contributed by atoms with E-state index in [9.17, 15) is 13.2 Å². The van der Waals surface area contributed by atoms with E-state index in [1.165, 1.54) is 18.2 Å². The molecule has 90 valence electrons. The van der Waals surface area contributed by atoms with Gasteiger partial charge in [-0.05, 0) is 26.1 Å². The van der Waals surface area contributed by atoms with Gasteiger partial charge in [0.15, 0.2) is 0 Å². The summed E-state index contributed by atoms with van der Waals surface area (Å²) in [7, 11) is 1.73. The van der Waals surface area contributed by atoms with E-state index in [4.69, 9.17) is 4.74 Å². The summed E-state index contributed by atoms with van der Waals surface area (Å²) in [6.45, 7) is 2.03. The zero-order valence-corrected chi connectivity index (χ0v) is 9.14. The topological polar surface area (TPSA) is 21.3 Å². The fraction of sp³-hybridized carbons (Fsp3) is 0.455. The molecule has 0 heterocycles. The molecule has 1 unspecified atom stereocenters. The summed E-state index contributed by atoms with van der Waals surface area (Å²) in [5, 5.41) is 2.89. The predicted molar refractivity (Wildman–Crippen MR) is 55.5 cm³/mol. The van der Waals surface area contributed by atoms with Crippen LogP contribution in [0.25, 0.3) is 0 Å². The van der Waals surface area contributed by atoms with Crippen molar-refractivity contribution in [3.05, 3.63) is 29.8 Å². The Bertz CT molecular complexity index is 338. The maximum absolute atomic E-state index is 12.6. The second-order valence-corrected chi connectivity index (χ2v) is 3.49. The van der Waals surface area contributed by atoms with Crippen LogP contribution in [0.15, 0.2) is 24.3 Å². The summed E-state index contributed by atoms with van der Waals surface area (Å²) < 4.78 is 42.8. The van der Waals surface area contributed by atoms with Crippen molar-refractivity contribution < 1.29 is 17.9 Å². The Kier molecular flexibility index (Phi) is 4.18. The molecule has 0 spiro atoms. The van der Waals surface area contributed by atoms with Crippen LogP contribution in [-0.4, -0.2) is 19.7 Å². The van der Waals surface area contributed by atoms with Gasteiger partial charge in [0, 0.05) is 6.04 Å². The van der Waals surface area contributed by atoms with Crippen molar-refractivity contribution in [2.24, 2.45) is 0 Å². The van der Waals surface area contributed by atoms with Crippen LogP contribution in [0.5, 0.6) is 5.75 Å². The van der Waals surface area contributed by atoms with Gasteiger partial charge < -0.3 is 10.1 Å². The van der Waals surface area contributed by atoms with Gasteiger partial charge in [0.2, 0.25) is 0 Å². The quantitative estimate of drug-likeness (QED) is 0.863. The summed E-state index contributed by atoms with van der Waals surface area (Å²) in [5.74, 6) is -0.128. The predicted octanol–water partition coefficient (Wildman–Crippen LogP) is 2.69. The van der Waals surface area contributed by atoms with Gasteiger partial charge in [-0.25, -0.2) is 0 Å². The largest absolute Gasteiger partial charge is 0.491 e. The minimum absolute atomic E-state index is 0.00119. The number of halogens is 3. The van der Waals surface area contributed by atoms with Gasteiger partial charge in [0.25, 0.3) is 0 Å². The van der Waals surface area contributed by atoms with E-state index < -0.39 is 11.7 Å². The smallest absolute Gasteiger partial charge is 0.419 e. The fourth-order valence-electron chi connectivity index (χ4n) is 1.12. The van der Waals surface area contributed by atoms with Crippen LogP contribution in [0.2, 0.25) is 0 Å². The third-order valence-corrected chi connectivity index (χ3v) is 2.17. The Hall–Kier alpha value is -1.23. The van der Waals surface area contributed by atoms with Gasteiger partial charge in [0.05, 0.1) is 5.56 Å². The minimum atomic E-state index is -4.38. The van der Waals surface area contributed by atoms with Crippen molar-refractivity contribution in [2.75, 3.05) is 13.7 Å². The first-order valence-corrected chi connectivity index (χ1v) is 4.91. The van der Waals surface area contributed by atoms with Crippen LogP contribution in [-0.2, 0) is 6.18 Å². The number of para-hydroxylation sites is 1. The highest BCUT2D eigenvalue weighted by molar-refractivity contribution is 5.35. The molecular weight excluding hydrogens is 219 g/mol. The zero-order valence-electron chi connectivity index (χ0n) is 9.14. The summed E-state index contributed by atoms with van der Waals surface area (Å²) in [4.78, 5) is 0. The number of alkyl halides is 3. The van der Waals surface area contributed by atoms with Gasteiger partial charge in [-0.2, -0.15) is 13.2 Å². The normalized spacial score (nSPS) is 13.6. The Labute approximate surface area is 92.4 Å². The van der Waals surface area contributed by atoms with E-state index in [0.717, 1.165) is 6.07 Å². The number of likely N-dealkylation sites (N-methyl/N-ethyl adjacent to an activating group) is 1. The molecule has 1 aromatic rings. The van der Waals surface area contributed by atoms with Crippen LogP contribution in [0.1, 0.15) is 12.5 Å². The van der Waals surface area contributed by atoms with Gasteiger partial charge in [-0.1, -0.05) is 12.1 Å². The first-order valence-electron chi connectivity index (χ1n) is 4.91. The third-order valence-electron chi connectivity index (χ3n) is 2.17. The lowest BCUT2D eigenvalue weighted by molar-refractivity contribution is -0.139. The average molecular weight is 233 g/mol. The van der Waals surface area contributed by atoms with Crippen LogP contribution in [0.3, 0.4) is 0 Å². The average Bonchev–Trinajstić information content (AvgIpc) is 2.25. The molecule has 0 aliphatic carbocycles. The molecule has 1 atom stereocenters. The number of benzene rings is 1. The first kappa shape index (κ1) is 12.8. The molecule has 1 N–H and O–H groups in total. The molecule has 0 saturated carbocycles. The maximum Gasteiger partial charge on any atom is 0.419 e. The highest BCUT2D eigenvalue weighted by atomic mass is 19.4. The Morgan fingerprint density at radius 1 is 1.31 bits per heavy atom. The second-order valence-electron chi connectivity index (χ2n) is 3.49. The van der Waals surface area contributed by atoms with Gasteiger partial charge in [0.1, 0.15) is 12.4 Å². The minimum Gasteiger partial charge on any atom is -0.491 e. The molecule has 0 saturated heterocycles. The highest BCUT2D eigenvalue weighted by Gasteiger charge is 2.33. The van der Waals surface area contributed by atoms with Gasteiger partial charge >= 0.3 is 6.18 Å². The van der Waals surface area contributed by atoms with Crippen LogP contribution in [0.4, 0.5) is 13.2 Å². The lowest BCUT2D eigenvalue weighted by Crippen LogP contribution is -2.28. The molecule has 1 rings (SSSR count). The Morgan fingerprint density at radius 3 is 2.50 bits per heavy atom. The molecule has 16 heavy (non-hydrogen) atoms. The SMILES string of the molecule is CNC(C)COc1ccccc1C(F)(F)F. The van der Waals surface area contributed by atoms with Crippen molar-refractivity contribution in [3.8, 4) is 5.75 Å². The lowest BCUT2D eigenvalue weighted by Gasteiger charge is -2.16. The van der Waals surface area contributed by atoms with E-state index >= 15 is 0 Å². The molecule has 5 heteroatoms. The van der Waals surface area contributed by atoms with Crippen molar-refractivity contribution >= 4 is 0 Å². The van der Waals surface area contributed by atoms with E-state index in [1.807, 2.05) is 6.92 Å². The van der Waals surface area contributed by atoms with Crippen LogP contribution < -0.4 is 10.1 Å². The standard InChI is InChI=1S/C11H14F3NO/c1-8(15-2)7-16-10-6-4-3-5-9(10)11(12,13)14/h3-6,8,15H,7H2,1-2H3. The third kappa shape index (κ3) is 3.41. The summed E-state index contributed by atoms with van der Waals surface area (Å²) in [6, 6.07) is 5.21. The van der Waals surface area contributed by atoms with E-state index in [2.05, 4.69) is 5.32 Å². The molecule has 0 radical (unpaired) electrons. The number of rotatable bonds is 4. The molecule has 0 aliphatic rings. The van der Waals surface area contributed by atoms with Crippen molar-refractivity contribution in [3.63, 3.8) is 0 Å². The van der Waals surface area contributed by atoms with Gasteiger partial charge in [-0.15, -0.1) is 0 Å². The maximum atomic E-state index is 12.6. The molecule has 0 bridgehead atoms. The molecule has 2 nitrogen and oxygen atoms in total. The van der Waals surface area contributed by atoms with Crippen molar-refractivity contribution in [1.82, 2.24) is 5.32 Å². The molecule has 1 aromatic carbocycles. The van der Waals surface area contributed by atoms with E-state index in [-0.39, 0.29) is 18.4 Å². The molecule has 0 aliphatic heterocycles. The molecule has 0 fully saturated rings. The fourth-order valence-corrected chi connectivity index (χ4v) is 1.12. The highest BCUT2D eigenvalue weighted by Crippen LogP contribution is 2.35. The number of hydrogen-bond donors (Lipinski definition) is 1. The zero-order chi connectivity index (χ0) is 12.2. The van der Waals surface area contributed by atoms with E-state index in [0.29, 0.717) is 0 Å². The molecule has 0 amide bonds. The number of ether oxygens (including phenoxy) is 1. The van der Waals surface area contributed by atoms with E-state index in [1.54, 1.807) is 7.05 Å². The lowest BCUT2D eigenvalue weighted by atomic mass is 10.2. The monoisotopic (exact) mass is 233 g/mol. The first-order chi connectivity index (χ1) is 7.45. The van der Waals surface area contributed by atoms with Crippen molar-refractivity contribution in [1.29, 1.82) is 0 Å². The summed E-state index contributed by atoms with van der Waals surface area (Å²) in [6.07, 6.45) is -4.38. The molecular formula is C11H14F3NO. The number of nitrogens with one attached hydrogen (secondary N) is 1. The Balaban J connectivity index is 2.80. The van der Waals surface area contributed by atoms with Crippen molar-refractivity contribution in [2.45, 2.75) is 19.1 Å².